The highest BCUT2D eigenvalue weighted by atomic mass is 16.5. The number of alkyl carbamates (subject to hydrolysis) is 1. The van der Waals surface area contributed by atoms with E-state index in [1.807, 2.05) is 54.6 Å². The second-order valence-corrected chi connectivity index (χ2v) is 8.21. The molecule has 3 aromatic carbocycles. The summed E-state index contributed by atoms with van der Waals surface area (Å²) >= 11 is 0. The van der Waals surface area contributed by atoms with Gasteiger partial charge >= 0.3 is 12.1 Å². The summed E-state index contributed by atoms with van der Waals surface area (Å²) in [5.74, 6) is -0.997. The van der Waals surface area contributed by atoms with Gasteiger partial charge in [-0.25, -0.2) is 4.79 Å². The average molecular weight is 415 g/mol. The normalized spacial score (nSPS) is 14.2. The number of hydrogen-bond acceptors (Lipinski definition) is 3. The van der Waals surface area contributed by atoms with E-state index in [1.54, 1.807) is 6.92 Å². The number of hydrogen-bond donors (Lipinski definition) is 2. The zero-order chi connectivity index (χ0) is 21.8. The second-order valence-electron chi connectivity index (χ2n) is 8.21. The van der Waals surface area contributed by atoms with Crippen molar-refractivity contribution in [3.63, 3.8) is 0 Å². The zero-order valence-electron chi connectivity index (χ0n) is 17.4. The third-order valence-electron chi connectivity index (χ3n) is 5.92. The van der Waals surface area contributed by atoms with Crippen LogP contribution in [0.1, 0.15) is 29.5 Å². The van der Waals surface area contributed by atoms with Crippen molar-refractivity contribution in [3.8, 4) is 11.1 Å². The zero-order valence-corrected chi connectivity index (χ0v) is 17.4. The van der Waals surface area contributed by atoms with Crippen LogP contribution in [0, 0.1) is 5.41 Å². The van der Waals surface area contributed by atoms with Crippen LogP contribution in [0.2, 0.25) is 0 Å². The lowest BCUT2D eigenvalue weighted by Gasteiger charge is -2.25. The molecule has 0 saturated heterocycles. The van der Waals surface area contributed by atoms with Crippen molar-refractivity contribution in [1.29, 1.82) is 0 Å². The molecule has 0 aromatic heterocycles. The van der Waals surface area contributed by atoms with Crippen LogP contribution in [0.3, 0.4) is 0 Å². The third-order valence-corrected chi connectivity index (χ3v) is 5.92. The highest BCUT2D eigenvalue weighted by Gasteiger charge is 2.34. The standard InChI is InChI=1S/C26H25NO4/c1-26(24(28)29,15-18-9-3-2-4-10-18)17-27-25(30)31-16-23-21-13-7-5-11-19(21)20-12-6-8-14-22(20)23/h2-14,23H,15-17H2,1H3,(H,27,30)(H,28,29). The van der Waals surface area contributed by atoms with Crippen molar-refractivity contribution in [2.24, 2.45) is 5.41 Å². The van der Waals surface area contributed by atoms with Gasteiger partial charge in [-0.15, -0.1) is 0 Å². The Kier molecular flexibility index (Phi) is 5.76. The fourth-order valence-electron chi connectivity index (χ4n) is 4.18. The van der Waals surface area contributed by atoms with Gasteiger partial charge in [0.25, 0.3) is 0 Å². The van der Waals surface area contributed by atoms with E-state index in [0.717, 1.165) is 27.8 Å². The molecule has 1 aliphatic carbocycles. The molecule has 1 unspecified atom stereocenters. The summed E-state index contributed by atoms with van der Waals surface area (Å²) in [7, 11) is 0. The van der Waals surface area contributed by atoms with Gasteiger partial charge in [-0.05, 0) is 41.2 Å². The largest absolute Gasteiger partial charge is 0.481 e. The van der Waals surface area contributed by atoms with E-state index in [-0.39, 0.29) is 19.1 Å². The lowest BCUT2D eigenvalue weighted by molar-refractivity contribution is -0.147. The van der Waals surface area contributed by atoms with Crippen molar-refractivity contribution in [3.05, 3.63) is 95.6 Å². The molecule has 3 aromatic rings. The van der Waals surface area contributed by atoms with E-state index in [9.17, 15) is 14.7 Å². The first kappa shape index (κ1) is 20.7. The van der Waals surface area contributed by atoms with Gasteiger partial charge < -0.3 is 15.2 Å². The van der Waals surface area contributed by atoms with Crippen LogP contribution in [-0.2, 0) is 16.0 Å². The summed E-state index contributed by atoms with van der Waals surface area (Å²) < 4.78 is 5.52. The fourth-order valence-corrected chi connectivity index (χ4v) is 4.18. The molecular formula is C26H25NO4. The smallest absolute Gasteiger partial charge is 0.407 e. The lowest BCUT2D eigenvalue weighted by Crippen LogP contribution is -2.43. The molecule has 1 aliphatic rings. The number of ether oxygens (including phenoxy) is 1. The van der Waals surface area contributed by atoms with Crippen molar-refractivity contribution in [1.82, 2.24) is 5.32 Å². The molecule has 2 N–H and O–H groups in total. The van der Waals surface area contributed by atoms with Gasteiger partial charge in [0.1, 0.15) is 6.61 Å². The maximum absolute atomic E-state index is 12.4. The Morgan fingerprint density at radius 3 is 2.03 bits per heavy atom. The first-order valence-electron chi connectivity index (χ1n) is 10.3. The molecule has 0 spiro atoms. The number of aliphatic carboxylic acids is 1. The number of carboxylic acid groups (broad SMARTS) is 1. The molecule has 1 atom stereocenters. The van der Waals surface area contributed by atoms with Gasteiger partial charge in [-0.1, -0.05) is 78.9 Å². The molecule has 0 radical (unpaired) electrons. The second kappa shape index (κ2) is 8.64. The SMILES string of the molecule is CC(CNC(=O)OCC1c2ccccc2-c2ccccc21)(Cc1ccccc1)C(=O)O. The number of carboxylic acids is 1. The van der Waals surface area contributed by atoms with Gasteiger partial charge in [-0.2, -0.15) is 0 Å². The molecule has 5 heteroatoms. The van der Waals surface area contributed by atoms with E-state index >= 15 is 0 Å². The summed E-state index contributed by atoms with van der Waals surface area (Å²) in [6, 6.07) is 25.7. The molecule has 1 amide bonds. The Morgan fingerprint density at radius 2 is 1.45 bits per heavy atom. The molecule has 0 bridgehead atoms. The minimum atomic E-state index is -1.13. The summed E-state index contributed by atoms with van der Waals surface area (Å²) in [6.07, 6.45) is -0.297. The van der Waals surface area contributed by atoms with Crippen molar-refractivity contribution in [2.45, 2.75) is 19.3 Å². The van der Waals surface area contributed by atoms with Gasteiger partial charge in [0.15, 0.2) is 0 Å². The third kappa shape index (κ3) is 4.31. The maximum Gasteiger partial charge on any atom is 0.407 e. The van der Waals surface area contributed by atoms with Gasteiger partial charge in [0, 0.05) is 12.5 Å². The minimum Gasteiger partial charge on any atom is -0.481 e. The van der Waals surface area contributed by atoms with Crippen LogP contribution < -0.4 is 5.32 Å². The van der Waals surface area contributed by atoms with Gasteiger partial charge in [-0.3, -0.25) is 4.79 Å². The Bertz CT molecular complexity index is 1050. The summed E-state index contributed by atoms with van der Waals surface area (Å²) in [5, 5.41) is 12.4. The number of benzene rings is 3. The van der Waals surface area contributed by atoms with Crippen LogP contribution in [0.4, 0.5) is 4.79 Å². The van der Waals surface area contributed by atoms with Gasteiger partial charge in [0.05, 0.1) is 5.41 Å². The first-order valence-corrected chi connectivity index (χ1v) is 10.3. The highest BCUT2D eigenvalue weighted by molar-refractivity contribution is 5.79. The topological polar surface area (TPSA) is 75.6 Å². The Hall–Kier alpha value is -3.60. The van der Waals surface area contributed by atoms with Crippen molar-refractivity contribution in [2.75, 3.05) is 13.2 Å². The van der Waals surface area contributed by atoms with Crippen LogP contribution in [0.15, 0.2) is 78.9 Å². The molecule has 0 heterocycles. The van der Waals surface area contributed by atoms with Crippen molar-refractivity contribution >= 4 is 12.1 Å². The van der Waals surface area contributed by atoms with Crippen molar-refractivity contribution < 1.29 is 19.4 Å². The molecule has 31 heavy (non-hydrogen) atoms. The molecule has 0 aliphatic heterocycles. The molecule has 0 fully saturated rings. The minimum absolute atomic E-state index is 0.0199. The molecule has 5 nitrogen and oxygen atoms in total. The van der Waals surface area contributed by atoms with E-state index in [4.69, 9.17) is 4.74 Å². The number of amides is 1. The van der Waals surface area contributed by atoms with Gasteiger partial charge in [0.2, 0.25) is 0 Å². The van der Waals surface area contributed by atoms with E-state index in [2.05, 4.69) is 29.6 Å². The van der Waals surface area contributed by atoms with Crippen LogP contribution in [-0.4, -0.2) is 30.3 Å². The van der Waals surface area contributed by atoms with Crippen LogP contribution in [0.25, 0.3) is 11.1 Å². The average Bonchev–Trinajstić information content (AvgIpc) is 3.11. The fraction of sp³-hybridized carbons (Fsp3) is 0.231. The summed E-state index contributed by atoms with van der Waals surface area (Å²) in [6.45, 7) is 1.81. The lowest BCUT2D eigenvalue weighted by atomic mass is 9.83. The quantitative estimate of drug-likeness (QED) is 0.578. The summed E-state index contributed by atoms with van der Waals surface area (Å²) in [5.41, 5.74) is 4.36. The highest BCUT2D eigenvalue weighted by Crippen LogP contribution is 2.44. The summed E-state index contributed by atoms with van der Waals surface area (Å²) in [4.78, 5) is 24.3. The predicted octanol–water partition coefficient (Wildman–Crippen LogP) is 4.86. The Morgan fingerprint density at radius 1 is 0.903 bits per heavy atom. The molecule has 4 rings (SSSR count). The number of fused-ring (bicyclic) bond motifs is 3. The van der Waals surface area contributed by atoms with Crippen LogP contribution in [0.5, 0.6) is 0 Å². The maximum atomic E-state index is 12.4. The van der Waals surface area contributed by atoms with E-state index in [0.29, 0.717) is 6.42 Å². The molecular weight excluding hydrogens is 390 g/mol. The Balaban J connectivity index is 1.40. The number of carbonyl (C=O) groups excluding carboxylic acids is 1. The predicted molar refractivity (Wildman–Crippen MR) is 119 cm³/mol. The monoisotopic (exact) mass is 415 g/mol. The molecule has 158 valence electrons. The number of carbonyl (C=O) groups is 2. The Labute approximate surface area is 181 Å². The van der Waals surface area contributed by atoms with Crippen LogP contribution >= 0.6 is 0 Å². The van der Waals surface area contributed by atoms with E-state index < -0.39 is 17.5 Å². The molecule has 0 saturated carbocycles. The number of rotatable bonds is 7. The number of nitrogens with one attached hydrogen (secondary N) is 1. The first-order chi connectivity index (χ1) is 15.0. The van der Waals surface area contributed by atoms with E-state index in [1.165, 1.54) is 0 Å².